The van der Waals surface area contributed by atoms with Crippen molar-refractivity contribution in [1.82, 2.24) is 0 Å². The Kier molecular flexibility index (Phi) is 1.25. The van der Waals surface area contributed by atoms with Crippen molar-refractivity contribution in [3.63, 3.8) is 0 Å². The van der Waals surface area contributed by atoms with Crippen LogP contribution in [-0.4, -0.2) is 23.3 Å². The van der Waals surface area contributed by atoms with Gasteiger partial charge in [0.15, 0.2) is 0 Å². The van der Waals surface area contributed by atoms with Crippen LogP contribution in [0.4, 0.5) is 0 Å². The lowest BCUT2D eigenvalue weighted by atomic mass is 9.66. The first-order chi connectivity index (χ1) is 6.14. The summed E-state index contributed by atoms with van der Waals surface area (Å²) in [5.74, 6) is 0.578. The highest BCUT2D eigenvalue weighted by atomic mass is 16.6. The number of hydrogen-bond acceptors (Lipinski definition) is 3. The smallest absolute Gasteiger partial charge is 0.312 e. The van der Waals surface area contributed by atoms with Crippen LogP contribution < -0.4 is 0 Å². The zero-order valence-electron chi connectivity index (χ0n) is 7.69. The van der Waals surface area contributed by atoms with Crippen molar-refractivity contribution in [2.24, 2.45) is 17.3 Å². The molecule has 5 atom stereocenters. The van der Waals surface area contributed by atoms with E-state index in [2.05, 4.69) is 0 Å². The third-order valence-electron chi connectivity index (χ3n) is 4.43. The largest absolute Gasteiger partial charge is 0.459 e. The molecule has 0 radical (unpaired) electrons. The summed E-state index contributed by atoms with van der Waals surface area (Å²) in [7, 11) is 0. The van der Waals surface area contributed by atoms with Crippen LogP contribution in [0.15, 0.2) is 0 Å². The molecule has 2 saturated carbocycles. The van der Waals surface area contributed by atoms with Crippen molar-refractivity contribution in [1.29, 1.82) is 0 Å². The first-order valence-corrected chi connectivity index (χ1v) is 5.03. The van der Waals surface area contributed by atoms with Crippen molar-refractivity contribution in [2.75, 3.05) is 0 Å². The Hall–Kier alpha value is -0.570. The summed E-state index contributed by atoms with van der Waals surface area (Å²) in [5.41, 5.74) is -0.260. The Morgan fingerprint density at radius 2 is 2.31 bits per heavy atom. The molecule has 13 heavy (non-hydrogen) atoms. The van der Waals surface area contributed by atoms with Gasteiger partial charge in [0.05, 0.1) is 11.5 Å². The molecule has 3 nitrogen and oxygen atoms in total. The number of esters is 1. The van der Waals surface area contributed by atoms with Gasteiger partial charge in [0.2, 0.25) is 0 Å². The molecule has 3 rings (SSSR count). The van der Waals surface area contributed by atoms with E-state index in [1.807, 2.05) is 6.92 Å². The van der Waals surface area contributed by atoms with Crippen LogP contribution in [0.25, 0.3) is 0 Å². The maximum atomic E-state index is 11.7. The molecule has 3 fully saturated rings. The van der Waals surface area contributed by atoms with E-state index in [9.17, 15) is 9.90 Å². The summed E-state index contributed by atoms with van der Waals surface area (Å²) in [6.07, 6.45) is 2.29. The van der Waals surface area contributed by atoms with Gasteiger partial charge in [-0.15, -0.1) is 0 Å². The highest BCUT2D eigenvalue weighted by Gasteiger charge is 2.66. The lowest BCUT2D eigenvalue weighted by molar-refractivity contribution is -0.149. The number of aliphatic hydroxyl groups excluding tert-OH is 1. The SMILES string of the molecule is CC12C(=O)O[C@@H]3C1CCC2C[C@@H]3O. The number of aliphatic hydroxyl groups is 1. The quantitative estimate of drug-likeness (QED) is 0.561. The van der Waals surface area contributed by atoms with Crippen LogP contribution in [0, 0.1) is 17.3 Å². The Balaban J connectivity index is 2.10. The normalized spacial score (nSPS) is 58.2. The molecule has 0 aromatic rings. The Morgan fingerprint density at radius 3 is 3.08 bits per heavy atom. The number of carbonyl (C=O) groups excluding carboxylic acids is 1. The highest BCUT2D eigenvalue weighted by Crippen LogP contribution is 2.60. The zero-order chi connectivity index (χ0) is 9.22. The van der Waals surface area contributed by atoms with E-state index >= 15 is 0 Å². The van der Waals surface area contributed by atoms with E-state index in [4.69, 9.17) is 4.74 Å². The lowest BCUT2D eigenvalue weighted by Crippen LogP contribution is -2.43. The summed E-state index contributed by atoms with van der Waals surface area (Å²) >= 11 is 0. The molecule has 1 N–H and O–H groups in total. The van der Waals surface area contributed by atoms with Gasteiger partial charge in [-0.2, -0.15) is 0 Å². The summed E-state index contributed by atoms with van der Waals surface area (Å²) in [6.45, 7) is 2.02. The minimum atomic E-state index is -0.406. The van der Waals surface area contributed by atoms with Crippen LogP contribution >= 0.6 is 0 Å². The van der Waals surface area contributed by atoms with Crippen LogP contribution in [0.5, 0.6) is 0 Å². The molecule has 3 heteroatoms. The summed E-state index contributed by atoms with van der Waals surface area (Å²) in [6, 6.07) is 0. The monoisotopic (exact) mass is 182 g/mol. The van der Waals surface area contributed by atoms with Crippen molar-refractivity contribution >= 4 is 5.97 Å². The molecule has 0 aromatic heterocycles. The van der Waals surface area contributed by atoms with E-state index in [1.165, 1.54) is 0 Å². The zero-order valence-corrected chi connectivity index (χ0v) is 7.69. The summed E-state index contributed by atoms with van der Waals surface area (Å²) < 4.78 is 5.25. The Bertz CT molecular complexity index is 275. The van der Waals surface area contributed by atoms with Crippen LogP contribution in [-0.2, 0) is 9.53 Å². The van der Waals surface area contributed by atoms with Gasteiger partial charge in [-0.05, 0) is 32.1 Å². The minimum Gasteiger partial charge on any atom is -0.459 e. The van der Waals surface area contributed by atoms with Crippen LogP contribution in [0.3, 0.4) is 0 Å². The second-order valence-electron chi connectivity index (χ2n) is 4.84. The van der Waals surface area contributed by atoms with Gasteiger partial charge in [-0.3, -0.25) is 4.79 Å². The van der Waals surface area contributed by atoms with Crippen molar-refractivity contribution in [3.05, 3.63) is 0 Å². The number of hydrogen-bond donors (Lipinski definition) is 1. The van der Waals surface area contributed by atoms with E-state index in [-0.39, 0.29) is 23.4 Å². The third kappa shape index (κ3) is 0.688. The minimum absolute atomic E-state index is 0.0680. The molecule has 1 saturated heterocycles. The maximum Gasteiger partial charge on any atom is 0.312 e. The molecule has 1 heterocycles. The molecule has 1 aliphatic heterocycles. The number of ether oxygens (including phenoxy) is 1. The maximum absolute atomic E-state index is 11.7. The second-order valence-corrected chi connectivity index (χ2v) is 4.84. The van der Waals surface area contributed by atoms with Gasteiger partial charge in [0, 0.05) is 5.92 Å². The molecule has 72 valence electrons. The first-order valence-electron chi connectivity index (χ1n) is 5.03. The van der Waals surface area contributed by atoms with Gasteiger partial charge in [0.1, 0.15) is 6.10 Å². The van der Waals surface area contributed by atoms with E-state index in [1.54, 1.807) is 0 Å². The van der Waals surface area contributed by atoms with Gasteiger partial charge in [-0.25, -0.2) is 0 Å². The topological polar surface area (TPSA) is 46.5 Å². The number of rotatable bonds is 0. The van der Waals surface area contributed by atoms with E-state index < -0.39 is 6.10 Å². The Morgan fingerprint density at radius 1 is 1.54 bits per heavy atom. The van der Waals surface area contributed by atoms with Crippen molar-refractivity contribution in [2.45, 2.75) is 38.4 Å². The van der Waals surface area contributed by atoms with Crippen LogP contribution in [0.2, 0.25) is 0 Å². The molecule has 3 aliphatic rings. The third-order valence-corrected chi connectivity index (χ3v) is 4.43. The Labute approximate surface area is 77.1 Å². The fourth-order valence-electron chi connectivity index (χ4n) is 3.57. The predicted octanol–water partition coefficient (Wildman–Crippen LogP) is 0.709. The molecular weight excluding hydrogens is 168 g/mol. The predicted molar refractivity (Wildman–Crippen MR) is 44.8 cm³/mol. The molecule has 0 amide bonds. The fraction of sp³-hybridized carbons (Fsp3) is 0.900. The summed E-state index contributed by atoms with van der Waals surface area (Å²) in [5, 5.41) is 9.73. The van der Waals surface area contributed by atoms with Gasteiger partial charge in [0.25, 0.3) is 0 Å². The van der Waals surface area contributed by atoms with Crippen molar-refractivity contribution < 1.29 is 14.6 Å². The highest BCUT2D eigenvalue weighted by molar-refractivity contribution is 5.80. The van der Waals surface area contributed by atoms with Gasteiger partial charge in [-0.1, -0.05) is 0 Å². The van der Waals surface area contributed by atoms with Gasteiger partial charge < -0.3 is 9.84 Å². The molecule has 3 unspecified atom stereocenters. The first kappa shape index (κ1) is 7.80. The van der Waals surface area contributed by atoms with Crippen molar-refractivity contribution in [3.8, 4) is 0 Å². The molecular formula is C10H14O3. The number of carbonyl (C=O) groups is 1. The molecule has 2 aliphatic carbocycles. The standard InChI is InChI=1S/C10H14O3/c1-10-5-2-3-6(10)8(7(11)4-5)13-9(10)12/h5-8,11H,2-4H2,1H3/t5?,6?,7-,8+,10?/m0/s1. The van der Waals surface area contributed by atoms with Gasteiger partial charge >= 0.3 is 5.97 Å². The van der Waals surface area contributed by atoms with E-state index in [0.717, 1.165) is 19.3 Å². The summed E-state index contributed by atoms with van der Waals surface area (Å²) in [4.78, 5) is 11.7. The molecule has 0 aromatic carbocycles. The molecule has 4 bridgehead atoms. The molecule has 0 spiro atoms. The lowest BCUT2D eigenvalue weighted by Gasteiger charge is -2.34. The average Bonchev–Trinajstić information content (AvgIpc) is 2.41. The fourth-order valence-corrected chi connectivity index (χ4v) is 3.57. The van der Waals surface area contributed by atoms with Crippen LogP contribution in [0.1, 0.15) is 26.2 Å². The van der Waals surface area contributed by atoms with E-state index in [0.29, 0.717) is 5.92 Å². The second kappa shape index (κ2) is 2.08. The average molecular weight is 182 g/mol.